The van der Waals surface area contributed by atoms with Gasteiger partial charge in [-0.15, -0.1) is 0 Å². The number of hydrogen-bond acceptors (Lipinski definition) is 20. The predicted octanol–water partition coefficient (Wildman–Crippen LogP) is -5.28. The summed E-state index contributed by atoms with van der Waals surface area (Å²) in [7, 11) is -8.91. The van der Waals surface area contributed by atoms with Crippen LogP contribution in [0.25, 0.3) is 0 Å². The van der Waals surface area contributed by atoms with E-state index in [1.807, 2.05) is 49.3 Å². The molecule has 2 amide bonds. The quantitative estimate of drug-likeness (QED) is 0.00945. The van der Waals surface area contributed by atoms with Gasteiger partial charge >= 0.3 is 29.6 Å². The van der Waals surface area contributed by atoms with Gasteiger partial charge in [0, 0.05) is 83.2 Å². The van der Waals surface area contributed by atoms with Crippen molar-refractivity contribution in [3.8, 4) is 0 Å². The van der Waals surface area contributed by atoms with Gasteiger partial charge in [0.15, 0.2) is 5.71 Å². The van der Waals surface area contributed by atoms with Crippen LogP contribution in [0, 0.1) is 0 Å². The molecule has 0 fully saturated rings. The zero-order chi connectivity index (χ0) is 55.6. The summed E-state index contributed by atoms with van der Waals surface area (Å²) in [5.41, 5.74) is 3.07. The Labute approximate surface area is 458 Å². The molecular weight excluding hydrogens is 1040 g/mol. The number of benzene rings is 2. The number of allylic oxidation sites excluding steroid dienone is 8. The van der Waals surface area contributed by atoms with E-state index >= 15 is 0 Å². The molecule has 0 radical (unpaired) electrons. The maximum absolute atomic E-state index is 13.3. The first-order valence-corrected chi connectivity index (χ1v) is 26.9. The maximum Gasteiger partial charge on any atom is 1.00 e. The monoisotopic (exact) mass is 1100 g/mol. The molecule has 0 saturated heterocycles. The molecule has 0 aromatic heterocycles. The predicted molar refractivity (Wildman–Crippen MR) is 267 cm³/mol. The Morgan fingerprint density at radius 3 is 1.80 bits per heavy atom. The molecule has 2 aliphatic rings. The SMILES string of the molecule is CC1(C)C(/C=C/C=C/C=C/C=C2/N(CCCCS(=O)(=O)[O-])c3ccc(C(=O)NCC(O)C(O)(O)C(O)C(O)CO)cc3C2(C)C)=[N+](CCCCS(=O)(=O)[O-])c2ccc(C(=O)NCC(O)C(O)C(O)C(O)CO)cc21.[Na+]. The number of aliphatic hydroxyl groups excluding tert-OH is 9. The molecule has 4 rings (SSSR count). The van der Waals surface area contributed by atoms with Crippen molar-refractivity contribution in [1.82, 2.24) is 10.6 Å². The van der Waals surface area contributed by atoms with E-state index in [2.05, 4.69) is 10.6 Å². The standard InChI is InChI=1S/C49H70N4O19S2.Na/c1-47(2)32-24-30(45(63)50-26-36(56)42(60)43(61)37(57)28-54)16-18-34(32)52(20-10-12-22-73(67,68)69)39(47)14-8-6-5-7-9-15-40-48(3,4)33-25-31(17-19-35(33)53(40)21-11-13-23-74(70,71)72)46(64)51-27-41(59)49(65,66)44(62)38(58)29-55;/h5-9,14-19,24-25,36-38,41-44,54-62,65-66H,10-13,20-23,26-29H2,1-4H3,(H3-,50,51,63,64,67,68,69,70,71,72);/q;+1/p-1. The number of nitrogens with one attached hydrogen (secondary N) is 2. The van der Waals surface area contributed by atoms with Crippen LogP contribution < -0.4 is 45.1 Å². The number of carbonyl (C=O) groups excluding carboxylic acids is 2. The first-order valence-electron chi connectivity index (χ1n) is 23.7. The van der Waals surface area contributed by atoms with Crippen molar-refractivity contribution in [2.24, 2.45) is 0 Å². The Hall–Kier alpha value is -3.81. The van der Waals surface area contributed by atoms with Gasteiger partial charge in [0.05, 0.1) is 45.0 Å². The van der Waals surface area contributed by atoms with Crippen LogP contribution >= 0.6 is 0 Å². The van der Waals surface area contributed by atoms with Gasteiger partial charge in [0.2, 0.25) is 11.5 Å². The second-order valence-electron chi connectivity index (χ2n) is 19.2. The molecule has 2 aliphatic heterocycles. The second-order valence-corrected chi connectivity index (χ2v) is 22.3. The van der Waals surface area contributed by atoms with Gasteiger partial charge in [-0.3, -0.25) is 9.59 Å². The summed E-state index contributed by atoms with van der Waals surface area (Å²) >= 11 is 0. The summed E-state index contributed by atoms with van der Waals surface area (Å²) < 4.78 is 70.1. The van der Waals surface area contributed by atoms with E-state index in [4.69, 9.17) is 10.2 Å². The van der Waals surface area contributed by atoms with E-state index in [0.717, 1.165) is 17.0 Å². The van der Waals surface area contributed by atoms with Crippen molar-refractivity contribution < 1.29 is 126 Å². The van der Waals surface area contributed by atoms with Crippen LogP contribution in [-0.4, -0.2) is 204 Å². The molecule has 23 nitrogen and oxygen atoms in total. The molecule has 7 atom stereocenters. The topological polar surface area (TPSA) is 401 Å². The van der Waals surface area contributed by atoms with Crippen molar-refractivity contribution in [2.45, 2.75) is 113 Å². The molecule has 13 N–H and O–H groups in total. The van der Waals surface area contributed by atoms with Gasteiger partial charge in [-0.2, -0.15) is 4.58 Å². The smallest absolute Gasteiger partial charge is 0.748 e. The fraction of sp³-hybridized carbons (Fsp3) is 0.531. The van der Waals surface area contributed by atoms with Crippen LogP contribution in [0.4, 0.5) is 11.4 Å². The number of fused-ring (bicyclic) bond motifs is 2. The van der Waals surface area contributed by atoms with Gasteiger partial charge in [-0.25, -0.2) is 16.8 Å². The zero-order valence-electron chi connectivity index (χ0n) is 42.4. The molecule has 0 saturated carbocycles. The molecule has 2 heterocycles. The number of unbranched alkanes of at least 4 members (excludes halogenated alkanes) is 2. The minimum atomic E-state index is -4.46. The zero-order valence-corrected chi connectivity index (χ0v) is 46.1. The Kier molecular flexibility index (Phi) is 24.2. The van der Waals surface area contributed by atoms with Crippen molar-refractivity contribution in [3.63, 3.8) is 0 Å². The number of hydrogen-bond donors (Lipinski definition) is 13. The van der Waals surface area contributed by atoms with E-state index in [-0.39, 0.29) is 53.5 Å². The first kappa shape index (κ1) is 65.5. The van der Waals surface area contributed by atoms with Gasteiger partial charge in [0.25, 0.3) is 11.8 Å². The van der Waals surface area contributed by atoms with Crippen LogP contribution in [-0.2, 0) is 31.1 Å². The average molecular weight is 1110 g/mol. The number of amides is 2. The normalized spacial score (nSPS) is 18.9. The summed E-state index contributed by atoms with van der Waals surface area (Å²) in [6, 6.07) is 9.64. The van der Waals surface area contributed by atoms with E-state index in [1.165, 1.54) is 12.1 Å². The Morgan fingerprint density at radius 1 is 0.693 bits per heavy atom. The third kappa shape index (κ3) is 17.1. The first-order chi connectivity index (χ1) is 34.4. The van der Waals surface area contributed by atoms with Gasteiger partial charge in [-0.1, -0.05) is 44.2 Å². The molecule has 0 spiro atoms. The van der Waals surface area contributed by atoms with Gasteiger partial charge in [0.1, 0.15) is 43.2 Å². The van der Waals surface area contributed by atoms with E-state index in [9.17, 15) is 81.5 Å². The van der Waals surface area contributed by atoms with Gasteiger partial charge in [-0.05, 0) is 75.1 Å². The number of anilines is 1. The summed E-state index contributed by atoms with van der Waals surface area (Å²) in [4.78, 5) is 28.5. The third-order valence-corrected chi connectivity index (χ3v) is 14.6. The van der Waals surface area contributed by atoms with E-state index in [1.54, 1.807) is 54.6 Å². The summed E-state index contributed by atoms with van der Waals surface area (Å²) in [6.07, 6.45) is -0.441. The summed E-state index contributed by atoms with van der Waals surface area (Å²) in [5.74, 6) is -5.77. The Morgan fingerprint density at radius 2 is 1.21 bits per heavy atom. The molecule has 412 valence electrons. The van der Waals surface area contributed by atoms with E-state index in [0.29, 0.717) is 42.9 Å². The maximum atomic E-state index is 13.3. The molecule has 26 heteroatoms. The van der Waals surface area contributed by atoms with Crippen molar-refractivity contribution in [3.05, 3.63) is 107 Å². The molecule has 2 aromatic rings. The minimum Gasteiger partial charge on any atom is -0.748 e. The second kappa shape index (κ2) is 27.7. The molecular formula is C49H69N4NaO19S2. The number of aliphatic hydroxyl groups is 11. The van der Waals surface area contributed by atoms with Crippen LogP contribution in [0.2, 0.25) is 0 Å². The van der Waals surface area contributed by atoms with Gasteiger partial charge < -0.3 is 80.8 Å². The Balaban J connectivity index is 0.0000148. The summed E-state index contributed by atoms with van der Waals surface area (Å²) in [5, 5.41) is 113. The van der Waals surface area contributed by atoms with Crippen LogP contribution in [0.15, 0.2) is 84.6 Å². The van der Waals surface area contributed by atoms with Crippen molar-refractivity contribution in [1.29, 1.82) is 0 Å². The fourth-order valence-corrected chi connectivity index (χ4v) is 9.82. The molecule has 2 aromatic carbocycles. The molecule has 0 bridgehead atoms. The average Bonchev–Trinajstić information content (AvgIpc) is 3.69. The number of nitrogens with zero attached hydrogens (tertiary/aromatic N) is 2. The molecule has 75 heavy (non-hydrogen) atoms. The van der Waals surface area contributed by atoms with E-state index < -0.39 is 129 Å². The number of rotatable bonds is 28. The molecule has 7 unspecified atom stereocenters. The largest absolute Gasteiger partial charge is 1.00 e. The fourth-order valence-electron chi connectivity index (χ4n) is 8.70. The summed E-state index contributed by atoms with van der Waals surface area (Å²) in [6.45, 7) is 5.06. The Bertz CT molecular complexity index is 2690. The van der Waals surface area contributed by atoms with Crippen LogP contribution in [0.3, 0.4) is 0 Å². The van der Waals surface area contributed by atoms with Crippen molar-refractivity contribution >= 4 is 49.1 Å². The number of carbonyl (C=O) groups is 2. The third-order valence-electron chi connectivity index (χ3n) is 13.0. The van der Waals surface area contributed by atoms with Crippen molar-refractivity contribution in [2.75, 3.05) is 55.8 Å². The van der Waals surface area contributed by atoms with Crippen LogP contribution in [0.5, 0.6) is 0 Å². The molecule has 0 aliphatic carbocycles. The minimum absolute atomic E-state index is 0. The van der Waals surface area contributed by atoms with Crippen LogP contribution in [0.1, 0.15) is 85.2 Å².